The quantitative estimate of drug-likeness (QED) is 0.672. The molecule has 21 heavy (non-hydrogen) atoms. The summed E-state index contributed by atoms with van der Waals surface area (Å²) in [5.74, 6) is -0.0439. The minimum absolute atomic E-state index is 0. The number of nitrogens with zero attached hydrogens (tertiary/aromatic N) is 1. The van der Waals surface area contributed by atoms with Crippen LogP contribution in [0.5, 0.6) is 0 Å². The summed E-state index contributed by atoms with van der Waals surface area (Å²) in [5.41, 5.74) is 6.96. The number of carbonyl (C=O) groups excluding carboxylic acids is 1. The monoisotopic (exact) mass is 315 g/mol. The Balaban J connectivity index is 0.00000400. The van der Waals surface area contributed by atoms with Crippen LogP contribution in [-0.2, 0) is 9.53 Å². The molecule has 1 atom stereocenters. The highest BCUT2D eigenvalue weighted by Crippen LogP contribution is 2.12. The van der Waals surface area contributed by atoms with Crippen molar-refractivity contribution in [2.45, 2.75) is 12.5 Å². The molecule has 1 unspecified atom stereocenters. The number of carbonyl (C=O) groups is 1. The summed E-state index contributed by atoms with van der Waals surface area (Å²) in [7, 11) is 3.99. The van der Waals surface area contributed by atoms with E-state index < -0.39 is 0 Å². The highest BCUT2D eigenvalue weighted by molar-refractivity contribution is 5.85. The van der Waals surface area contributed by atoms with Crippen molar-refractivity contribution in [1.82, 2.24) is 10.2 Å². The lowest BCUT2D eigenvalue weighted by Gasteiger charge is -2.13. The summed E-state index contributed by atoms with van der Waals surface area (Å²) in [6, 6.07) is 9.38. The minimum atomic E-state index is -0.258. The average molecular weight is 316 g/mol. The van der Waals surface area contributed by atoms with E-state index in [2.05, 4.69) is 10.2 Å². The maximum Gasteiger partial charge on any atom is 0.221 e. The van der Waals surface area contributed by atoms with Crippen molar-refractivity contribution in [1.29, 1.82) is 0 Å². The molecule has 0 aliphatic heterocycles. The first-order valence-electron chi connectivity index (χ1n) is 6.89. The van der Waals surface area contributed by atoms with Gasteiger partial charge in [0.05, 0.1) is 13.2 Å². The van der Waals surface area contributed by atoms with Gasteiger partial charge >= 0.3 is 0 Å². The van der Waals surface area contributed by atoms with E-state index in [1.807, 2.05) is 44.4 Å². The van der Waals surface area contributed by atoms with E-state index >= 15 is 0 Å². The highest BCUT2D eigenvalue weighted by atomic mass is 35.5. The maximum atomic E-state index is 11.7. The zero-order valence-electron chi connectivity index (χ0n) is 12.7. The third-order valence-electron chi connectivity index (χ3n) is 2.88. The van der Waals surface area contributed by atoms with Crippen molar-refractivity contribution in [3.05, 3.63) is 35.9 Å². The largest absolute Gasteiger partial charge is 0.378 e. The lowest BCUT2D eigenvalue weighted by Crippen LogP contribution is -2.30. The second kappa shape index (κ2) is 11.5. The predicted molar refractivity (Wildman–Crippen MR) is 87.6 cm³/mol. The fourth-order valence-corrected chi connectivity index (χ4v) is 1.70. The molecular formula is C15H26ClN3O2. The van der Waals surface area contributed by atoms with Crippen molar-refractivity contribution in [2.75, 3.05) is 40.4 Å². The number of likely N-dealkylation sites (N-methyl/N-ethyl adjacent to an activating group) is 1. The molecule has 0 fully saturated rings. The smallest absolute Gasteiger partial charge is 0.221 e. The van der Waals surface area contributed by atoms with Crippen LogP contribution >= 0.6 is 12.4 Å². The van der Waals surface area contributed by atoms with E-state index in [-0.39, 0.29) is 24.4 Å². The van der Waals surface area contributed by atoms with Crippen molar-refractivity contribution in [3.8, 4) is 0 Å². The first-order valence-corrected chi connectivity index (χ1v) is 6.89. The fourth-order valence-electron chi connectivity index (χ4n) is 1.70. The number of halogens is 1. The van der Waals surface area contributed by atoms with Crippen LogP contribution in [0, 0.1) is 0 Å². The predicted octanol–water partition coefficient (Wildman–Crippen LogP) is 1.19. The van der Waals surface area contributed by atoms with Gasteiger partial charge in [-0.1, -0.05) is 30.3 Å². The lowest BCUT2D eigenvalue weighted by molar-refractivity contribution is -0.121. The third kappa shape index (κ3) is 9.42. The third-order valence-corrected chi connectivity index (χ3v) is 2.88. The molecular weight excluding hydrogens is 290 g/mol. The van der Waals surface area contributed by atoms with Crippen molar-refractivity contribution >= 4 is 18.3 Å². The van der Waals surface area contributed by atoms with Crippen LogP contribution < -0.4 is 11.1 Å². The van der Waals surface area contributed by atoms with E-state index in [9.17, 15) is 4.79 Å². The summed E-state index contributed by atoms with van der Waals surface area (Å²) in [6.45, 7) is 2.60. The molecule has 1 rings (SSSR count). The normalized spacial score (nSPS) is 11.8. The number of amides is 1. The van der Waals surface area contributed by atoms with Crippen LogP contribution in [0.2, 0.25) is 0 Å². The lowest BCUT2D eigenvalue weighted by atomic mass is 10.0. The molecule has 3 N–H and O–H groups in total. The number of nitrogens with two attached hydrogens (primary N) is 1. The van der Waals surface area contributed by atoms with Crippen LogP contribution in [0.4, 0.5) is 0 Å². The summed E-state index contributed by atoms with van der Waals surface area (Å²) in [6.07, 6.45) is 0.293. The molecule has 0 spiro atoms. The first-order chi connectivity index (χ1) is 9.59. The van der Waals surface area contributed by atoms with Gasteiger partial charge in [0.15, 0.2) is 0 Å². The molecule has 1 aromatic rings. The first kappa shape index (κ1) is 19.9. The summed E-state index contributed by atoms with van der Waals surface area (Å²) in [5, 5.41) is 2.81. The van der Waals surface area contributed by atoms with Gasteiger partial charge in [0.25, 0.3) is 0 Å². The van der Waals surface area contributed by atoms with Gasteiger partial charge in [-0.2, -0.15) is 0 Å². The minimum Gasteiger partial charge on any atom is -0.378 e. The molecule has 0 radical (unpaired) electrons. The van der Waals surface area contributed by atoms with Gasteiger partial charge in [0.2, 0.25) is 5.91 Å². The molecule has 0 heterocycles. The van der Waals surface area contributed by atoms with E-state index in [1.165, 1.54) is 0 Å². The van der Waals surface area contributed by atoms with E-state index in [4.69, 9.17) is 10.5 Å². The molecule has 5 nitrogen and oxygen atoms in total. The number of rotatable bonds is 9. The second-order valence-electron chi connectivity index (χ2n) is 4.99. The number of benzene rings is 1. The summed E-state index contributed by atoms with van der Waals surface area (Å²) in [4.78, 5) is 13.8. The number of nitrogens with one attached hydrogen (secondary N) is 1. The van der Waals surface area contributed by atoms with E-state index in [0.717, 1.165) is 12.1 Å². The SMILES string of the molecule is CN(C)CCOCCNC(=O)CC(N)c1ccccc1.Cl. The number of hydrogen-bond donors (Lipinski definition) is 2. The number of ether oxygens (including phenoxy) is 1. The van der Waals surface area contributed by atoms with Gasteiger partial charge in [-0.25, -0.2) is 0 Å². The zero-order valence-corrected chi connectivity index (χ0v) is 13.6. The molecule has 0 aliphatic carbocycles. The van der Waals surface area contributed by atoms with Gasteiger partial charge in [0, 0.05) is 25.6 Å². The molecule has 6 heteroatoms. The van der Waals surface area contributed by atoms with Gasteiger partial charge in [-0.3, -0.25) is 4.79 Å². The summed E-state index contributed by atoms with van der Waals surface area (Å²) >= 11 is 0. The van der Waals surface area contributed by atoms with E-state index in [0.29, 0.717) is 26.2 Å². The highest BCUT2D eigenvalue weighted by Gasteiger charge is 2.10. The molecule has 0 aliphatic rings. The zero-order chi connectivity index (χ0) is 14.8. The fraction of sp³-hybridized carbons (Fsp3) is 0.533. The molecule has 1 aromatic carbocycles. The summed E-state index contributed by atoms with van der Waals surface area (Å²) < 4.78 is 5.40. The Hall–Kier alpha value is -1.14. The molecule has 120 valence electrons. The Labute approximate surface area is 133 Å². The second-order valence-corrected chi connectivity index (χ2v) is 4.99. The molecule has 0 saturated heterocycles. The van der Waals surface area contributed by atoms with Crippen molar-refractivity contribution in [3.63, 3.8) is 0 Å². The Morgan fingerprint density at radius 3 is 2.57 bits per heavy atom. The Bertz CT molecular complexity index is 388. The molecule has 0 bridgehead atoms. The van der Waals surface area contributed by atoms with Crippen molar-refractivity contribution < 1.29 is 9.53 Å². The Morgan fingerprint density at radius 1 is 1.29 bits per heavy atom. The molecule has 0 saturated carbocycles. The maximum absolute atomic E-state index is 11.7. The Morgan fingerprint density at radius 2 is 1.95 bits per heavy atom. The number of hydrogen-bond acceptors (Lipinski definition) is 4. The van der Waals surface area contributed by atoms with Crippen LogP contribution in [0.1, 0.15) is 18.0 Å². The van der Waals surface area contributed by atoms with Gasteiger partial charge in [-0.15, -0.1) is 12.4 Å². The topological polar surface area (TPSA) is 67.6 Å². The molecule has 0 aromatic heterocycles. The van der Waals surface area contributed by atoms with Crippen LogP contribution in [0.15, 0.2) is 30.3 Å². The standard InChI is InChI=1S/C15H25N3O2.ClH/c1-18(2)9-11-20-10-8-17-15(19)12-14(16)13-6-4-3-5-7-13;/h3-7,14H,8-12,16H2,1-2H3,(H,17,19);1H. The average Bonchev–Trinajstić information content (AvgIpc) is 2.43. The molecule has 1 amide bonds. The van der Waals surface area contributed by atoms with Gasteiger partial charge in [-0.05, 0) is 19.7 Å². The van der Waals surface area contributed by atoms with E-state index in [1.54, 1.807) is 0 Å². The van der Waals surface area contributed by atoms with Gasteiger partial charge < -0.3 is 20.7 Å². The van der Waals surface area contributed by atoms with Crippen molar-refractivity contribution in [2.24, 2.45) is 5.73 Å². The van der Waals surface area contributed by atoms with Crippen LogP contribution in [0.3, 0.4) is 0 Å². The van der Waals surface area contributed by atoms with Gasteiger partial charge in [0.1, 0.15) is 0 Å². The van der Waals surface area contributed by atoms with Crippen LogP contribution in [-0.4, -0.2) is 51.2 Å². The van der Waals surface area contributed by atoms with Crippen LogP contribution in [0.25, 0.3) is 0 Å². The Kier molecular flexibility index (Phi) is 10.9.